The van der Waals surface area contributed by atoms with E-state index >= 15 is 0 Å². The summed E-state index contributed by atoms with van der Waals surface area (Å²) in [5.41, 5.74) is 0. The number of fused-ring (bicyclic) bond motifs is 1. The van der Waals surface area contributed by atoms with Crippen LogP contribution in [0.2, 0.25) is 0 Å². The van der Waals surface area contributed by atoms with Crippen molar-refractivity contribution in [3.63, 3.8) is 0 Å². The van der Waals surface area contributed by atoms with Crippen LogP contribution in [-0.4, -0.2) is 65.4 Å². The Hall–Kier alpha value is -2.08. The first-order chi connectivity index (χ1) is 14.4. The molecule has 0 atom stereocenters. The van der Waals surface area contributed by atoms with Crippen LogP contribution in [0.25, 0.3) is 10.2 Å². The molecule has 0 unspecified atom stereocenters. The van der Waals surface area contributed by atoms with E-state index in [2.05, 4.69) is 9.97 Å². The predicted octanol–water partition coefficient (Wildman–Crippen LogP) is 2.85. The zero-order chi connectivity index (χ0) is 21.1. The van der Waals surface area contributed by atoms with Crippen molar-refractivity contribution in [2.75, 3.05) is 31.9 Å². The highest BCUT2D eigenvalue weighted by molar-refractivity contribution is 8.00. The average molecular weight is 467 g/mol. The van der Waals surface area contributed by atoms with Crippen LogP contribution in [-0.2, 0) is 14.8 Å². The lowest BCUT2D eigenvalue weighted by molar-refractivity contribution is -0.128. The molecular formula is C19H19FN4O3S3. The van der Waals surface area contributed by atoms with Gasteiger partial charge in [-0.05, 0) is 42.1 Å². The van der Waals surface area contributed by atoms with Crippen molar-refractivity contribution in [3.8, 4) is 0 Å². The maximum atomic E-state index is 13.1. The van der Waals surface area contributed by atoms with Crippen molar-refractivity contribution < 1.29 is 17.6 Å². The number of thioether (sulfide) groups is 1. The lowest BCUT2D eigenvalue weighted by Gasteiger charge is -2.22. The Labute approximate surface area is 182 Å². The predicted molar refractivity (Wildman–Crippen MR) is 114 cm³/mol. The van der Waals surface area contributed by atoms with Crippen molar-refractivity contribution in [3.05, 3.63) is 47.9 Å². The molecule has 1 aliphatic rings. The van der Waals surface area contributed by atoms with Gasteiger partial charge < -0.3 is 4.90 Å². The minimum atomic E-state index is -3.72. The first-order valence-electron chi connectivity index (χ1n) is 9.29. The second-order valence-corrected chi connectivity index (χ2v) is 10.5. The number of rotatable bonds is 5. The number of halogens is 1. The van der Waals surface area contributed by atoms with Crippen LogP contribution in [0.4, 0.5) is 4.39 Å². The van der Waals surface area contributed by atoms with Gasteiger partial charge in [0.05, 0.1) is 10.6 Å². The standard InChI is InChI=1S/C19H19FN4O3S3/c20-14-2-4-15(5-3-14)30(26,27)24-8-1-7-23(9-10-24)17(25)12-29-19-16-6-11-28-18(16)21-13-22-19/h2-6,11,13H,1,7-10,12H2. The van der Waals surface area contributed by atoms with Gasteiger partial charge in [-0.25, -0.2) is 22.8 Å². The SMILES string of the molecule is O=C(CSc1ncnc2sccc12)N1CCCN(S(=O)(=O)c2ccc(F)cc2)CC1. The highest BCUT2D eigenvalue weighted by Gasteiger charge is 2.28. The fourth-order valence-corrected chi connectivity index (χ4v) is 6.39. The molecule has 0 spiro atoms. The number of carbonyl (C=O) groups is 1. The van der Waals surface area contributed by atoms with E-state index in [0.717, 1.165) is 27.4 Å². The highest BCUT2D eigenvalue weighted by Crippen LogP contribution is 2.28. The summed E-state index contributed by atoms with van der Waals surface area (Å²) >= 11 is 2.89. The number of aromatic nitrogens is 2. The molecule has 11 heteroatoms. The van der Waals surface area contributed by atoms with Crippen LogP contribution in [0, 0.1) is 5.82 Å². The molecular weight excluding hydrogens is 447 g/mol. The number of hydrogen-bond donors (Lipinski definition) is 0. The molecule has 158 valence electrons. The van der Waals surface area contributed by atoms with Crippen LogP contribution < -0.4 is 0 Å². The van der Waals surface area contributed by atoms with Crippen LogP contribution >= 0.6 is 23.1 Å². The zero-order valence-electron chi connectivity index (χ0n) is 15.9. The molecule has 2 aromatic heterocycles. The highest BCUT2D eigenvalue weighted by atomic mass is 32.2. The van der Waals surface area contributed by atoms with Crippen LogP contribution in [0.3, 0.4) is 0 Å². The summed E-state index contributed by atoms with van der Waals surface area (Å²) in [6.07, 6.45) is 2.04. The number of benzene rings is 1. The van der Waals surface area contributed by atoms with E-state index in [9.17, 15) is 17.6 Å². The third-order valence-electron chi connectivity index (χ3n) is 4.82. The Balaban J connectivity index is 1.38. The normalized spacial score (nSPS) is 16.0. The van der Waals surface area contributed by atoms with Crippen molar-refractivity contribution >= 4 is 49.2 Å². The minimum Gasteiger partial charge on any atom is -0.341 e. The fourth-order valence-electron chi connectivity index (χ4n) is 3.24. The molecule has 7 nitrogen and oxygen atoms in total. The average Bonchev–Trinajstić information content (AvgIpc) is 3.08. The Kier molecular flexibility index (Phi) is 6.32. The quantitative estimate of drug-likeness (QED) is 0.425. The van der Waals surface area contributed by atoms with E-state index in [0.29, 0.717) is 26.1 Å². The Morgan fingerprint density at radius 1 is 1.10 bits per heavy atom. The van der Waals surface area contributed by atoms with Gasteiger partial charge in [0, 0.05) is 31.6 Å². The summed E-state index contributed by atoms with van der Waals surface area (Å²) in [6.45, 7) is 1.33. The van der Waals surface area contributed by atoms with E-state index in [1.54, 1.807) is 4.90 Å². The Bertz CT molecular complexity index is 1150. The van der Waals surface area contributed by atoms with Crippen molar-refractivity contribution in [1.82, 2.24) is 19.2 Å². The second kappa shape index (κ2) is 8.96. The molecule has 0 bridgehead atoms. The smallest absolute Gasteiger partial charge is 0.243 e. The van der Waals surface area contributed by atoms with Crippen LogP contribution in [0.15, 0.2) is 52.0 Å². The van der Waals surface area contributed by atoms with Gasteiger partial charge in [-0.3, -0.25) is 4.79 Å². The molecule has 0 saturated carbocycles. The molecule has 30 heavy (non-hydrogen) atoms. The van der Waals surface area contributed by atoms with E-state index in [1.807, 2.05) is 11.4 Å². The van der Waals surface area contributed by atoms with Gasteiger partial charge in [0.1, 0.15) is 22.0 Å². The summed E-state index contributed by atoms with van der Waals surface area (Å²) in [6, 6.07) is 6.74. The summed E-state index contributed by atoms with van der Waals surface area (Å²) in [5, 5.41) is 3.65. The van der Waals surface area contributed by atoms with E-state index in [1.165, 1.54) is 45.9 Å². The maximum Gasteiger partial charge on any atom is 0.243 e. The second-order valence-electron chi connectivity index (χ2n) is 6.70. The minimum absolute atomic E-state index is 0.0528. The van der Waals surface area contributed by atoms with Gasteiger partial charge in [-0.15, -0.1) is 11.3 Å². The topological polar surface area (TPSA) is 83.5 Å². The summed E-state index contributed by atoms with van der Waals surface area (Å²) < 4.78 is 40.1. The molecule has 3 heterocycles. The molecule has 1 amide bonds. The number of amides is 1. The van der Waals surface area contributed by atoms with Crippen molar-refractivity contribution in [2.24, 2.45) is 0 Å². The number of sulfonamides is 1. The van der Waals surface area contributed by atoms with E-state index < -0.39 is 15.8 Å². The van der Waals surface area contributed by atoms with Gasteiger partial charge in [-0.1, -0.05) is 11.8 Å². The van der Waals surface area contributed by atoms with Gasteiger partial charge in [0.25, 0.3) is 0 Å². The van der Waals surface area contributed by atoms with Crippen molar-refractivity contribution in [1.29, 1.82) is 0 Å². The Morgan fingerprint density at radius 3 is 2.70 bits per heavy atom. The van der Waals surface area contributed by atoms with E-state index in [-0.39, 0.29) is 23.1 Å². The molecule has 1 saturated heterocycles. The third-order valence-corrected chi connectivity index (χ3v) is 8.54. The molecule has 3 aromatic rings. The number of thiophene rings is 1. The molecule has 4 rings (SSSR count). The van der Waals surface area contributed by atoms with Crippen molar-refractivity contribution in [2.45, 2.75) is 16.3 Å². The number of carbonyl (C=O) groups excluding carboxylic acids is 1. The molecule has 1 aromatic carbocycles. The molecule has 1 aliphatic heterocycles. The first kappa shape index (κ1) is 21.2. The van der Waals surface area contributed by atoms with Crippen LogP contribution in [0.1, 0.15) is 6.42 Å². The van der Waals surface area contributed by atoms with E-state index in [4.69, 9.17) is 0 Å². The monoisotopic (exact) mass is 466 g/mol. The zero-order valence-corrected chi connectivity index (χ0v) is 18.3. The molecule has 0 radical (unpaired) electrons. The van der Waals surface area contributed by atoms with Gasteiger partial charge in [-0.2, -0.15) is 4.31 Å². The molecule has 1 fully saturated rings. The maximum absolute atomic E-state index is 13.1. The van der Waals surface area contributed by atoms with Gasteiger partial charge in [0.15, 0.2) is 0 Å². The summed E-state index contributed by atoms with van der Waals surface area (Å²) in [7, 11) is -3.72. The summed E-state index contributed by atoms with van der Waals surface area (Å²) in [5.74, 6) is -0.308. The largest absolute Gasteiger partial charge is 0.341 e. The number of nitrogens with zero attached hydrogens (tertiary/aromatic N) is 4. The summed E-state index contributed by atoms with van der Waals surface area (Å²) in [4.78, 5) is 23.8. The number of hydrogen-bond acceptors (Lipinski definition) is 7. The Morgan fingerprint density at radius 2 is 1.90 bits per heavy atom. The van der Waals surface area contributed by atoms with Gasteiger partial charge in [0.2, 0.25) is 15.9 Å². The third kappa shape index (κ3) is 4.48. The lowest BCUT2D eigenvalue weighted by Crippen LogP contribution is -2.38. The van der Waals surface area contributed by atoms with Gasteiger partial charge >= 0.3 is 0 Å². The first-order valence-corrected chi connectivity index (χ1v) is 12.6. The lowest BCUT2D eigenvalue weighted by atomic mass is 10.4. The van der Waals surface area contributed by atoms with Crippen LogP contribution in [0.5, 0.6) is 0 Å². The molecule has 0 aliphatic carbocycles. The fraction of sp³-hybridized carbons (Fsp3) is 0.316. The molecule has 0 N–H and O–H groups in total.